The minimum absolute atomic E-state index is 0.0128. The summed E-state index contributed by atoms with van der Waals surface area (Å²) in [5.74, 6) is -1.32. The van der Waals surface area contributed by atoms with E-state index in [9.17, 15) is 14.4 Å². The van der Waals surface area contributed by atoms with Crippen molar-refractivity contribution in [2.45, 2.75) is 25.4 Å². The molecule has 1 atom stereocenters. The lowest BCUT2D eigenvalue weighted by Crippen LogP contribution is -2.43. The van der Waals surface area contributed by atoms with Crippen LogP contribution in [0.4, 0.5) is 4.79 Å². The molecule has 1 aromatic rings. The Bertz CT molecular complexity index is 607. The minimum Gasteiger partial charge on any atom is -0.370 e. The van der Waals surface area contributed by atoms with Gasteiger partial charge < -0.3 is 21.6 Å². The van der Waals surface area contributed by atoms with Gasteiger partial charge in [-0.05, 0) is 37.2 Å². The molecule has 10 heteroatoms. The van der Waals surface area contributed by atoms with Crippen LogP contribution in [0, 0.1) is 0 Å². The molecule has 1 rings (SSSR count). The molecule has 0 radical (unpaired) electrons. The number of hydrogen-bond acceptors (Lipinski definition) is 5. The van der Waals surface area contributed by atoms with Gasteiger partial charge in [-0.25, -0.2) is 9.59 Å². The van der Waals surface area contributed by atoms with E-state index in [1.165, 1.54) is 13.1 Å². The van der Waals surface area contributed by atoms with Crippen LogP contribution in [0.3, 0.4) is 0 Å². The summed E-state index contributed by atoms with van der Waals surface area (Å²) in [6.45, 7) is -0.131. The number of hydrogen-bond donors (Lipinski definition) is 3. The van der Waals surface area contributed by atoms with Gasteiger partial charge in [0.2, 0.25) is 5.91 Å². The van der Waals surface area contributed by atoms with Gasteiger partial charge in [0, 0.05) is 16.5 Å². The Morgan fingerprint density at radius 2 is 1.79 bits per heavy atom. The molecule has 0 aliphatic carbocycles. The number of urea groups is 1. The van der Waals surface area contributed by atoms with Crippen LogP contribution in [0.25, 0.3) is 0 Å². The summed E-state index contributed by atoms with van der Waals surface area (Å²) in [6, 6.07) is 2.85. The molecular formula is C14H18Cl2N4O4. The highest BCUT2D eigenvalue weighted by molar-refractivity contribution is 6.34. The smallest absolute Gasteiger partial charge is 0.349 e. The van der Waals surface area contributed by atoms with Gasteiger partial charge in [-0.3, -0.25) is 4.79 Å². The topological polar surface area (TPSA) is 128 Å². The summed E-state index contributed by atoms with van der Waals surface area (Å²) < 4.78 is 0. The lowest BCUT2D eigenvalue weighted by molar-refractivity contribution is -0.181. The minimum atomic E-state index is -0.968. The van der Waals surface area contributed by atoms with Crippen molar-refractivity contribution in [1.29, 1.82) is 0 Å². The van der Waals surface area contributed by atoms with Crippen molar-refractivity contribution < 1.29 is 19.2 Å². The molecule has 8 nitrogen and oxygen atoms in total. The Kier molecular flexibility index (Phi) is 7.76. The number of nitrogens with one attached hydrogen (secondary N) is 1. The molecule has 5 N–H and O–H groups in total. The lowest BCUT2D eigenvalue weighted by Gasteiger charge is -2.22. The molecule has 0 saturated heterocycles. The number of benzene rings is 1. The first-order chi connectivity index (χ1) is 11.2. The molecule has 24 heavy (non-hydrogen) atoms. The van der Waals surface area contributed by atoms with Crippen LogP contribution in [0.1, 0.15) is 18.4 Å². The Balaban J connectivity index is 2.79. The van der Waals surface area contributed by atoms with Gasteiger partial charge in [0.1, 0.15) is 6.04 Å². The second-order valence-corrected chi connectivity index (χ2v) is 5.78. The maximum Gasteiger partial charge on any atom is 0.349 e. The fourth-order valence-corrected chi connectivity index (χ4v) is 2.43. The number of nitrogens with two attached hydrogens (primary N) is 2. The highest BCUT2D eigenvalue weighted by atomic mass is 35.5. The van der Waals surface area contributed by atoms with Crippen molar-refractivity contribution in [2.75, 3.05) is 7.05 Å². The second kappa shape index (κ2) is 9.31. The predicted octanol–water partition coefficient (Wildman–Crippen LogP) is 1.19. The first kappa shape index (κ1) is 20.0. The molecule has 0 aliphatic rings. The molecule has 0 aliphatic heterocycles. The Morgan fingerprint density at radius 1 is 1.21 bits per heavy atom. The van der Waals surface area contributed by atoms with E-state index in [0.29, 0.717) is 20.7 Å². The molecule has 1 aromatic carbocycles. The fraction of sp³-hybridized carbons (Fsp3) is 0.357. The van der Waals surface area contributed by atoms with Crippen LogP contribution in [-0.2, 0) is 21.0 Å². The molecule has 3 amide bonds. The van der Waals surface area contributed by atoms with Gasteiger partial charge in [-0.2, -0.15) is 0 Å². The normalized spacial score (nSPS) is 11.6. The highest BCUT2D eigenvalue weighted by Crippen LogP contribution is 2.20. The van der Waals surface area contributed by atoms with E-state index in [1.54, 1.807) is 12.1 Å². The molecule has 132 valence electrons. The van der Waals surface area contributed by atoms with Crippen LogP contribution < -0.4 is 16.8 Å². The molecule has 0 unspecified atom stereocenters. The van der Waals surface area contributed by atoms with E-state index < -0.39 is 23.9 Å². The largest absolute Gasteiger partial charge is 0.370 e. The van der Waals surface area contributed by atoms with Crippen LogP contribution in [0.15, 0.2) is 18.2 Å². The third-order valence-electron chi connectivity index (χ3n) is 3.01. The van der Waals surface area contributed by atoms with Gasteiger partial charge in [-0.15, -0.1) is 5.06 Å². The summed E-state index contributed by atoms with van der Waals surface area (Å²) >= 11 is 11.8. The van der Waals surface area contributed by atoms with Crippen molar-refractivity contribution in [2.24, 2.45) is 11.5 Å². The zero-order chi connectivity index (χ0) is 18.3. The van der Waals surface area contributed by atoms with Crippen molar-refractivity contribution >= 4 is 41.1 Å². The van der Waals surface area contributed by atoms with Crippen molar-refractivity contribution in [3.05, 3.63) is 33.8 Å². The third kappa shape index (κ3) is 6.61. The average molecular weight is 377 g/mol. The van der Waals surface area contributed by atoms with E-state index in [0.717, 1.165) is 0 Å². The average Bonchev–Trinajstić information content (AvgIpc) is 2.45. The fourth-order valence-electron chi connectivity index (χ4n) is 1.86. The van der Waals surface area contributed by atoms with Crippen LogP contribution >= 0.6 is 23.2 Å². The summed E-state index contributed by atoms with van der Waals surface area (Å²) in [6.07, 6.45) is 0.112. The first-order valence-electron chi connectivity index (χ1n) is 6.92. The number of halogens is 2. The predicted molar refractivity (Wildman–Crippen MR) is 89.0 cm³/mol. The van der Waals surface area contributed by atoms with Crippen LogP contribution in [0.2, 0.25) is 10.0 Å². The number of amides is 3. The van der Waals surface area contributed by atoms with Gasteiger partial charge in [-0.1, -0.05) is 23.2 Å². The third-order valence-corrected chi connectivity index (χ3v) is 3.44. The first-order valence-corrected chi connectivity index (χ1v) is 7.67. The number of likely N-dealkylation sites (N-methyl/N-ethyl adjacent to an activating group) is 1. The van der Waals surface area contributed by atoms with E-state index in [-0.39, 0.29) is 19.4 Å². The number of hydroxylamine groups is 2. The Hall–Kier alpha value is -2.03. The summed E-state index contributed by atoms with van der Waals surface area (Å²) in [7, 11) is 1.51. The van der Waals surface area contributed by atoms with Crippen molar-refractivity contribution in [3.63, 3.8) is 0 Å². The number of nitrogens with zero attached hydrogens (tertiary/aromatic N) is 1. The van der Waals surface area contributed by atoms with Gasteiger partial charge in [0.25, 0.3) is 0 Å². The zero-order valence-corrected chi connectivity index (χ0v) is 14.4. The zero-order valence-electron chi connectivity index (χ0n) is 12.9. The van der Waals surface area contributed by atoms with Gasteiger partial charge >= 0.3 is 12.0 Å². The van der Waals surface area contributed by atoms with Crippen LogP contribution in [0.5, 0.6) is 0 Å². The highest BCUT2D eigenvalue weighted by Gasteiger charge is 2.24. The summed E-state index contributed by atoms with van der Waals surface area (Å²) in [4.78, 5) is 39.4. The quantitative estimate of drug-likeness (QED) is 0.615. The monoisotopic (exact) mass is 376 g/mol. The molecule has 0 saturated carbocycles. The summed E-state index contributed by atoms with van der Waals surface area (Å²) in [5.41, 5.74) is 10.8. The Morgan fingerprint density at radius 3 is 2.25 bits per heavy atom. The van der Waals surface area contributed by atoms with Crippen molar-refractivity contribution in [3.8, 4) is 0 Å². The lowest BCUT2D eigenvalue weighted by atomic mass is 10.1. The number of carbonyl (C=O) groups is 3. The van der Waals surface area contributed by atoms with E-state index in [1.807, 2.05) is 0 Å². The van der Waals surface area contributed by atoms with E-state index >= 15 is 0 Å². The molecule has 0 fully saturated rings. The van der Waals surface area contributed by atoms with Crippen LogP contribution in [-0.4, -0.2) is 36.1 Å². The maximum absolute atomic E-state index is 12.1. The number of primary amides is 2. The molecule has 0 bridgehead atoms. The summed E-state index contributed by atoms with van der Waals surface area (Å²) in [5, 5.41) is 4.09. The van der Waals surface area contributed by atoms with E-state index in [2.05, 4.69) is 5.32 Å². The number of rotatable bonds is 7. The molecule has 0 spiro atoms. The van der Waals surface area contributed by atoms with E-state index in [4.69, 9.17) is 39.5 Å². The molecule has 0 aromatic heterocycles. The standard InChI is InChI=1S/C14H18Cl2N4O4/c1-19-11(2-3-12(17)21)13(22)24-20(14(18)23)7-8-4-9(15)6-10(16)5-8/h4-6,11,19H,2-3,7H2,1H3,(H2,17,21)(H2,18,23)/t11-/m0/s1. The number of carbonyl (C=O) groups excluding carboxylic acids is 3. The Labute approximate surface area is 148 Å². The van der Waals surface area contributed by atoms with Gasteiger partial charge in [0.05, 0.1) is 6.54 Å². The van der Waals surface area contributed by atoms with Crippen molar-refractivity contribution in [1.82, 2.24) is 10.4 Å². The second-order valence-electron chi connectivity index (χ2n) is 4.91. The van der Waals surface area contributed by atoms with Gasteiger partial charge in [0.15, 0.2) is 0 Å². The molecule has 0 heterocycles. The molecular weight excluding hydrogens is 359 g/mol. The maximum atomic E-state index is 12.1. The SMILES string of the molecule is CN[C@@H](CCC(N)=O)C(=O)ON(Cc1cc(Cl)cc(Cl)c1)C(N)=O.